The van der Waals surface area contributed by atoms with Gasteiger partial charge in [0.05, 0.1) is 0 Å². The summed E-state index contributed by atoms with van der Waals surface area (Å²) in [4.78, 5) is 2.56. The summed E-state index contributed by atoms with van der Waals surface area (Å²) in [5.41, 5.74) is 3.25. The van der Waals surface area contributed by atoms with Crippen molar-refractivity contribution >= 4 is 0 Å². The van der Waals surface area contributed by atoms with Crippen LogP contribution in [0, 0.1) is 12.3 Å². The highest BCUT2D eigenvalue weighted by molar-refractivity contribution is 5.22. The van der Waals surface area contributed by atoms with Crippen molar-refractivity contribution in [2.45, 2.75) is 65.6 Å². The standard InChI is InChI=1S/C19H32N2/c1-6-20-17-10-11-19(3,4)13-18(17)21(5)14-16-9-7-8-15(2)12-16/h7-9,12,17-18,20H,6,10-11,13-14H2,1-5H3. The number of hydrogen-bond acceptors (Lipinski definition) is 2. The number of nitrogens with zero attached hydrogens (tertiary/aromatic N) is 1. The Hall–Kier alpha value is -0.860. The van der Waals surface area contributed by atoms with Gasteiger partial charge in [-0.1, -0.05) is 50.6 Å². The van der Waals surface area contributed by atoms with Gasteiger partial charge in [-0.25, -0.2) is 0 Å². The molecule has 0 radical (unpaired) electrons. The average molecular weight is 288 g/mol. The zero-order valence-electron chi connectivity index (χ0n) is 14.4. The molecule has 0 bridgehead atoms. The van der Waals surface area contributed by atoms with Gasteiger partial charge in [0.1, 0.15) is 0 Å². The van der Waals surface area contributed by atoms with Crippen LogP contribution in [-0.2, 0) is 6.54 Å². The van der Waals surface area contributed by atoms with Crippen molar-refractivity contribution in [2.24, 2.45) is 5.41 Å². The van der Waals surface area contributed by atoms with Crippen LogP contribution in [0.15, 0.2) is 24.3 Å². The van der Waals surface area contributed by atoms with E-state index in [9.17, 15) is 0 Å². The molecule has 2 heteroatoms. The normalized spacial score (nSPS) is 25.2. The van der Waals surface area contributed by atoms with E-state index in [0.29, 0.717) is 17.5 Å². The molecule has 1 N–H and O–H groups in total. The largest absolute Gasteiger partial charge is 0.313 e. The van der Waals surface area contributed by atoms with Crippen molar-refractivity contribution in [3.8, 4) is 0 Å². The summed E-state index contributed by atoms with van der Waals surface area (Å²) >= 11 is 0. The molecule has 1 fully saturated rings. The van der Waals surface area contributed by atoms with Crippen LogP contribution in [-0.4, -0.2) is 30.6 Å². The van der Waals surface area contributed by atoms with Gasteiger partial charge in [-0.2, -0.15) is 0 Å². The van der Waals surface area contributed by atoms with Crippen LogP contribution in [0.2, 0.25) is 0 Å². The maximum atomic E-state index is 3.71. The Morgan fingerprint density at radius 2 is 2.10 bits per heavy atom. The molecular formula is C19H32N2. The van der Waals surface area contributed by atoms with E-state index in [2.05, 4.69) is 69.2 Å². The van der Waals surface area contributed by atoms with Crippen molar-refractivity contribution in [1.82, 2.24) is 10.2 Å². The predicted octanol–water partition coefficient (Wildman–Crippen LogP) is 3.98. The first-order chi connectivity index (χ1) is 9.91. The molecule has 2 atom stereocenters. The smallest absolute Gasteiger partial charge is 0.0254 e. The minimum Gasteiger partial charge on any atom is -0.313 e. The lowest BCUT2D eigenvalue weighted by molar-refractivity contribution is 0.0781. The molecule has 1 aromatic rings. The Bertz CT molecular complexity index is 453. The molecule has 1 aliphatic rings. The minimum absolute atomic E-state index is 0.470. The third-order valence-electron chi connectivity index (χ3n) is 4.91. The summed E-state index contributed by atoms with van der Waals surface area (Å²) in [7, 11) is 2.29. The highest BCUT2D eigenvalue weighted by Gasteiger charge is 2.36. The molecule has 1 saturated carbocycles. The molecule has 1 aliphatic carbocycles. The Morgan fingerprint density at radius 3 is 2.76 bits per heavy atom. The quantitative estimate of drug-likeness (QED) is 0.881. The van der Waals surface area contributed by atoms with Crippen LogP contribution >= 0.6 is 0 Å². The zero-order valence-corrected chi connectivity index (χ0v) is 14.4. The molecular weight excluding hydrogens is 256 g/mol. The van der Waals surface area contributed by atoms with Gasteiger partial charge in [-0.3, -0.25) is 4.90 Å². The van der Waals surface area contributed by atoms with Crippen LogP contribution in [0.5, 0.6) is 0 Å². The van der Waals surface area contributed by atoms with Gasteiger partial charge in [-0.15, -0.1) is 0 Å². The second-order valence-corrected chi connectivity index (χ2v) is 7.54. The molecule has 0 spiro atoms. The van der Waals surface area contributed by atoms with Gasteiger partial charge in [-0.05, 0) is 50.8 Å². The molecule has 0 amide bonds. The topological polar surface area (TPSA) is 15.3 Å². The summed E-state index contributed by atoms with van der Waals surface area (Å²) in [6.45, 7) is 11.3. The Morgan fingerprint density at radius 1 is 1.33 bits per heavy atom. The number of benzene rings is 1. The van der Waals surface area contributed by atoms with E-state index in [0.717, 1.165) is 13.1 Å². The van der Waals surface area contributed by atoms with E-state index >= 15 is 0 Å². The van der Waals surface area contributed by atoms with Crippen LogP contribution in [0.1, 0.15) is 51.2 Å². The number of rotatable bonds is 5. The summed E-state index contributed by atoms with van der Waals surface area (Å²) in [6.07, 6.45) is 3.91. The maximum Gasteiger partial charge on any atom is 0.0254 e. The molecule has 0 heterocycles. The van der Waals surface area contributed by atoms with Gasteiger partial charge in [0, 0.05) is 18.6 Å². The molecule has 0 aromatic heterocycles. The fourth-order valence-electron chi connectivity index (χ4n) is 3.73. The highest BCUT2D eigenvalue weighted by atomic mass is 15.2. The van der Waals surface area contributed by atoms with Crippen molar-refractivity contribution in [3.05, 3.63) is 35.4 Å². The van der Waals surface area contributed by atoms with Gasteiger partial charge in [0.25, 0.3) is 0 Å². The van der Waals surface area contributed by atoms with Crippen LogP contribution in [0.25, 0.3) is 0 Å². The number of nitrogens with one attached hydrogen (secondary N) is 1. The second kappa shape index (κ2) is 6.93. The molecule has 118 valence electrons. The molecule has 0 saturated heterocycles. The van der Waals surface area contributed by atoms with E-state index in [1.165, 1.54) is 30.4 Å². The number of aryl methyl sites for hydroxylation is 1. The zero-order chi connectivity index (χ0) is 15.5. The molecule has 21 heavy (non-hydrogen) atoms. The summed E-state index contributed by atoms with van der Waals surface area (Å²) < 4.78 is 0. The predicted molar refractivity (Wildman–Crippen MR) is 91.5 cm³/mol. The number of hydrogen-bond donors (Lipinski definition) is 1. The summed E-state index contributed by atoms with van der Waals surface area (Å²) in [5.74, 6) is 0. The van der Waals surface area contributed by atoms with Crippen LogP contribution < -0.4 is 5.32 Å². The van der Waals surface area contributed by atoms with Crippen molar-refractivity contribution < 1.29 is 0 Å². The fourth-order valence-corrected chi connectivity index (χ4v) is 3.73. The molecule has 2 nitrogen and oxygen atoms in total. The van der Waals surface area contributed by atoms with Gasteiger partial charge >= 0.3 is 0 Å². The van der Waals surface area contributed by atoms with Crippen molar-refractivity contribution in [3.63, 3.8) is 0 Å². The average Bonchev–Trinajstić information content (AvgIpc) is 2.40. The lowest BCUT2D eigenvalue weighted by Gasteiger charge is -2.45. The van der Waals surface area contributed by atoms with E-state index in [1.807, 2.05) is 0 Å². The lowest BCUT2D eigenvalue weighted by Crippen LogP contribution is -2.53. The Labute approximate surface area is 130 Å². The van der Waals surface area contributed by atoms with Gasteiger partial charge in [0.15, 0.2) is 0 Å². The van der Waals surface area contributed by atoms with E-state index in [1.54, 1.807) is 0 Å². The Kier molecular flexibility index (Phi) is 5.45. The SMILES string of the molecule is CCNC1CCC(C)(C)CC1N(C)Cc1cccc(C)c1. The highest BCUT2D eigenvalue weighted by Crippen LogP contribution is 2.37. The maximum absolute atomic E-state index is 3.71. The molecule has 0 aliphatic heterocycles. The van der Waals surface area contributed by atoms with Crippen molar-refractivity contribution in [1.29, 1.82) is 0 Å². The van der Waals surface area contributed by atoms with Crippen molar-refractivity contribution in [2.75, 3.05) is 13.6 Å². The molecule has 1 aromatic carbocycles. The van der Waals surface area contributed by atoms with Gasteiger partial charge in [0.2, 0.25) is 0 Å². The fraction of sp³-hybridized carbons (Fsp3) is 0.684. The third kappa shape index (κ3) is 4.55. The summed E-state index contributed by atoms with van der Waals surface area (Å²) in [6, 6.07) is 10.2. The lowest BCUT2D eigenvalue weighted by atomic mass is 9.72. The van der Waals surface area contributed by atoms with E-state index in [-0.39, 0.29) is 0 Å². The first-order valence-electron chi connectivity index (χ1n) is 8.40. The van der Waals surface area contributed by atoms with E-state index in [4.69, 9.17) is 0 Å². The van der Waals surface area contributed by atoms with Crippen LogP contribution in [0.4, 0.5) is 0 Å². The minimum atomic E-state index is 0.470. The second-order valence-electron chi connectivity index (χ2n) is 7.54. The van der Waals surface area contributed by atoms with Gasteiger partial charge < -0.3 is 5.32 Å². The first kappa shape index (κ1) is 16.5. The van der Waals surface area contributed by atoms with Crippen LogP contribution in [0.3, 0.4) is 0 Å². The molecule has 2 unspecified atom stereocenters. The first-order valence-corrected chi connectivity index (χ1v) is 8.40. The summed E-state index contributed by atoms with van der Waals surface area (Å²) in [5, 5.41) is 3.71. The monoisotopic (exact) mass is 288 g/mol. The van der Waals surface area contributed by atoms with E-state index < -0.39 is 0 Å². The third-order valence-corrected chi connectivity index (χ3v) is 4.91. The number of likely N-dealkylation sites (N-methyl/N-ethyl adjacent to an activating group) is 2. The molecule has 2 rings (SSSR count). The Balaban J connectivity index is 2.07.